The van der Waals surface area contributed by atoms with Crippen LogP contribution in [-0.2, 0) is 11.3 Å². The normalized spacial score (nSPS) is 19.5. The van der Waals surface area contributed by atoms with Crippen LogP contribution in [-0.4, -0.2) is 47.0 Å². The summed E-state index contributed by atoms with van der Waals surface area (Å²) in [4.78, 5) is 28.8. The number of allylic oxidation sites excluding steroid dienone is 5. The van der Waals surface area contributed by atoms with Gasteiger partial charge in [0.2, 0.25) is 5.91 Å². The first-order valence-electron chi connectivity index (χ1n) is 9.65. The zero-order valence-electron chi connectivity index (χ0n) is 16.4. The van der Waals surface area contributed by atoms with Crippen LogP contribution in [0.2, 0.25) is 0 Å². The van der Waals surface area contributed by atoms with Crippen LogP contribution in [0.25, 0.3) is 0 Å². The highest BCUT2D eigenvalue weighted by atomic mass is 16.2. The molecule has 2 saturated heterocycles. The fraction of sp³-hybridized carbons (Fsp3) is 0.364. The van der Waals surface area contributed by atoms with Gasteiger partial charge in [0.1, 0.15) is 0 Å². The molecule has 3 amide bonds. The van der Waals surface area contributed by atoms with E-state index in [9.17, 15) is 9.59 Å². The van der Waals surface area contributed by atoms with E-state index < -0.39 is 0 Å². The Kier molecular flexibility index (Phi) is 6.31. The first-order valence-corrected chi connectivity index (χ1v) is 9.65. The van der Waals surface area contributed by atoms with Gasteiger partial charge < -0.3 is 15.1 Å². The molecule has 6 nitrogen and oxygen atoms in total. The van der Waals surface area contributed by atoms with Crippen molar-refractivity contribution in [1.29, 1.82) is 0 Å². The van der Waals surface area contributed by atoms with Crippen molar-refractivity contribution in [2.24, 2.45) is 0 Å². The molecule has 2 heterocycles. The van der Waals surface area contributed by atoms with Crippen molar-refractivity contribution in [2.75, 3.05) is 19.6 Å². The molecular weight excluding hydrogens is 352 g/mol. The molecule has 0 aliphatic carbocycles. The number of carbonyl (C=O) groups is 2. The van der Waals surface area contributed by atoms with Gasteiger partial charge in [-0.05, 0) is 18.6 Å². The second-order valence-corrected chi connectivity index (χ2v) is 7.24. The number of benzene rings is 1. The van der Waals surface area contributed by atoms with Crippen molar-refractivity contribution in [1.82, 2.24) is 20.4 Å². The molecule has 28 heavy (non-hydrogen) atoms. The Bertz CT molecular complexity index is 777. The summed E-state index contributed by atoms with van der Waals surface area (Å²) in [6.07, 6.45) is 8.61. The average molecular weight is 380 g/mol. The minimum atomic E-state index is -0.360. The van der Waals surface area contributed by atoms with Gasteiger partial charge in [0.05, 0.1) is 12.2 Å². The summed E-state index contributed by atoms with van der Waals surface area (Å²) in [7, 11) is 0. The minimum Gasteiger partial charge on any atom is -0.324 e. The third-order valence-corrected chi connectivity index (χ3v) is 5.35. The topological polar surface area (TPSA) is 64.7 Å². The Balaban J connectivity index is 1.60. The van der Waals surface area contributed by atoms with Crippen molar-refractivity contribution in [3.63, 3.8) is 0 Å². The van der Waals surface area contributed by atoms with Gasteiger partial charge in [0.25, 0.3) is 0 Å². The van der Waals surface area contributed by atoms with Gasteiger partial charge in [-0.3, -0.25) is 10.1 Å². The zero-order chi connectivity index (χ0) is 20.0. The highest BCUT2D eigenvalue weighted by molar-refractivity contribution is 5.82. The molecule has 0 aromatic heterocycles. The predicted octanol–water partition coefficient (Wildman–Crippen LogP) is 2.77. The number of nitrogens with zero attached hydrogens (tertiary/aromatic N) is 2. The molecule has 0 saturated carbocycles. The highest BCUT2D eigenvalue weighted by Crippen LogP contribution is 2.31. The lowest BCUT2D eigenvalue weighted by Gasteiger charge is -2.44. The van der Waals surface area contributed by atoms with Gasteiger partial charge in [-0.25, -0.2) is 4.79 Å². The SMILES string of the molecule is C=C/C=C\C=C(/C)NC(=O)N1CCC2(CC1)NCC(=O)N2Cc1ccccc1. The molecule has 0 unspecified atom stereocenters. The van der Waals surface area contributed by atoms with Crippen LogP contribution >= 0.6 is 0 Å². The lowest BCUT2D eigenvalue weighted by atomic mass is 9.95. The summed E-state index contributed by atoms with van der Waals surface area (Å²) >= 11 is 0. The number of likely N-dealkylation sites (tertiary alicyclic amines) is 1. The van der Waals surface area contributed by atoms with Crippen LogP contribution in [0.5, 0.6) is 0 Å². The number of piperidine rings is 1. The van der Waals surface area contributed by atoms with Crippen LogP contribution in [0.1, 0.15) is 25.3 Å². The lowest BCUT2D eigenvalue weighted by Crippen LogP contribution is -2.59. The Hall–Kier alpha value is -2.86. The molecule has 1 spiro atoms. The molecule has 1 aromatic rings. The first kappa shape index (κ1) is 19.9. The molecule has 0 bridgehead atoms. The third kappa shape index (κ3) is 4.51. The summed E-state index contributed by atoms with van der Waals surface area (Å²) in [6, 6.07) is 9.93. The molecule has 2 fully saturated rings. The van der Waals surface area contributed by atoms with Crippen molar-refractivity contribution in [3.8, 4) is 0 Å². The molecule has 2 aliphatic heterocycles. The zero-order valence-corrected chi connectivity index (χ0v) is 16.4. The second kappa shape index (κ2) is 8.89. The van der Waals surface area contributed by atoms with E-state index in [1.54, 1.807) is 6.08 Å². The maximum Gasteiger partial charge on any atom is 0.321 e. The monoisotopic (exact) mass is 380 g/mol. The van der Waals surface area contributed by atoms with E-state index in [-0.39, 0.29) is 17.6 Å². The molecule has 2 aliphatic rings. The van der Waals surface area contributed by atoms with Crippen LogP contribution < -0.4 is 10.6 Å². The molecule has 1 aromatic carbocycles. The average Bonchev–Trinajstić information content (AvgIpc) is 2.99. The quantitative estimate of drug-likeness (QED) is 0.772. The van der Waals surface area contributed by atoms with E-state index in [1.165, 1.54) is 0 Å². The van der Waals surface area contributed by atoms with Gasteiger partial charge in [0.15, 0.2) is 0 Å². The van der Waals surface area contributed by atoms with E-state index in [0.29, 0.717) is 26.2 Å². The number of urea groups is 1. The van der Waals surface area contributed by atoms with Crippen molar-refractivity contribution >= 4 is 11.9 Å². The molecule has 2 N–H and O–H groups in total. The number of hydrogen-bond acceptors (Lipinski definition) is 3. The second-order valence-electron chi connectivity index (χ2n) is 7.24. The molecule has 0 radical (unpaired) electrons. The molecule has 148 valence electrons. The fourth-order valence-corrected chi connectivity index (χ4v) is 3.77. The van der Waals surface area contributed by atoms with Crippen LogP contribution in [0.15, 0.2) is 66.9 Å². The number of nitrogens with one attached hydrogen (secondary N) is 2. The van der Waals surface area contributed by atoms with Crippen LogP contribution in [0, 0.1) is 0 Å². The highest BCUT2D eigenvalue weighted by Gasteiger charge is 2.47. The van der Waals surface area contributed by atoms with Gasteiger partial charge in [-0.1, -0.05) is 55.1 Å². The van der Waals surface area contributed by atoms with E-state index in [1.807, 2.05) is 65.3 Å². The largest absolute Gasteiger partial charge is 0.324 e. The van der Waals surface area contributed by atoms with E-state index in [2.05, 4.69) is 17.2 Å². The van der Waals surface area contributed by atoms with E-state index in [4.69, 9.17) is 0 Å². The number of rotatable bonds is 5. The van der Waals surface area contributed by atoms with Gasteiger partial charge in [-0.2, -0.15) is 0 Å². The number of carbonyl (C=O) groups excluding carboxylic acids is 2. The maximum atomic E-state index is 12.5. The lowest BCUT2D eigenvalue weighted by molar-refractivity contribution is -0.132. The van der Waals surface area contributed by atoms with Crippen LogP contribution in [0.4, 0.5) is 4.79 Å². The Morgan fingerprint density at radius 1 is 1.25 bits per heavy atom. The number of hydrogen-bond donors (Lipinski definition) is 2. The Morgan fingerprint density at radius 2 is 1.96 bits per heavy atom. The van der Waals surface area contributed by atoms with Crippen molar-refractivity contribution < 1.29 is 9.59 Å². The maximum absolute atomic E-state index is 12.5. The Morgan fingerprint density at radius 3 is 2.64 bits per heavy atom. The summed E-state index contributed by atoms with van der Waals surface area (Å²) in [5.41, 5.74) is 1.54. The molecular formula is C22H28N4O2. The standard InChI is InChI=1S/C22H28N4O2/c1-3-4-6-9-18(2)24-21(28)25-14-12-22(13-15-25)23-16-20(27)26(22)17-19-10-7-5-8-11-19/h3-11,23H,1,12-17H2,2H3,(H,24,28)/b6-4-,18-9+. The number of amides is 3. The first-order chi connectivity index (χ1) is 13.5. The Labute approximate surface area is 166 Å². The summed E-state index contributed by atoms with van der Waals surface area (Å²) in [5, 5.41) is 6.32. The van der Waals surface area contributed by atoms with E-state index in [0.717, 1.165) is 24.1 Å². The van der Waals surface area contributed by atoms with E-state index >= 15 is 0 Å². The van der Waals surface area contributed by atoms with Crippen molar-refractivity contribution in [3.05, 3.63) is 72.5 Å². The summed E-state index contributed by atoms with van der Waals surface area (Å²) in [5.74, 6) is 0.120. The van der Waals surface area contributed by atoms with Crippen LogP contribution in [0.3, 0.4) is 0 Å². The fourth-order valence-electron chi connectivity index (χ4n) is 3.77. The molecule has 3 rings (SSSR count). The molecule has 0 atom stereocenters. The van der Waals surface area contributed by atoms with Gasteiger partial charge in [-0.15, -0.1) is 0 Å². The van der Waals surface area contributed by atoms with Gasteiger partial charge >= 0.3 is 6.03 Å². The molecule has 6 heteroatoms. The summed E-state index contributed by atoms with van der Waals surface area (Å²) < 4.78 is 0. The third-order valence-electron chi connectivity index (χ3n) is 5.35. The predicted molar refractivity (Wildman–Crippen MR) is 110 cm³/mol. The minimum absolute atomic E-state index is 0.102. The smallest absolute Gasteiger partial charge is 0.321 e. The summed E-state index contributed by atoms with van der Waals surface area (Å²) in [6.45, 7) is 7.64. The van der Waals surface area contributed by atoms with Crippen molar-refractivity contribution in [2.45, 2.75) is 32.0 Å². The van der Waals surface area contributed by atoms with Gasteiger partial charge in [0, 0.05) is 38.2 Å².